The number of carbonyl (C=O) groups excluding carboxylic acids is 1. The number of rotatable bonds is 4. The van der Waals surface area contributed by atoms with Gasteiger partial charge in [-0.1, -0.05) is 11.3 Å². The molecule has 1 aromatic heterocycles. The molecule has 0 unspecified atom stereocenters. The van der Waals surface area contributed by atoms with Gasteiger partial charge in [-0.05, 0) is 36.9 Å². The Bertz CT molecular complexity index is 876. The quantitative estimate of drug-likeness (QED) is 0.763. The summed E-state index contributed by atoms with van der Waals surface area (Å²) >= 11 is 2.67. The van der Waals surface area contributed by atoms with Crippen molar-refractivity contribution >= 4 is 45.4 Å². The Labute approximate surface area is 153 Å². The first-order valence-corrected chi connectivity index (χ1v) is 8.93. The molecule has 130 valence electrons. The summed E-state index contributed by atoms with van der Waals surface area (Å²) in [4.78, 5) is 19.0. The fourth-order valence-electron chi connectivity index (χ4n) is 2.14. The van der Waals surface area contributed by atoms with Gasteiger partial charge in [-0.2, -0.15) is 4.99 Å². The Morgan fingerprint density at radius 1 is 1.24 bits per heavy atom. The van der Waals surface area contributed by atoms with Gasteiger partial charge in [0.25, 0.3) is 5.91 Å². The topological polar surface area (TPSA) is 76.9 Å². The number of hydrogen-bond donors (Lipinski definition) is 0. The monoisotopic (exact) mass is 376 g/mol. The second-order valence-electron chi connectivity index (χ2n) is 5.08. The van der Waals surface area contributed by atoms with Crippen molar-refractivity contribution in [3.63, 3.8) is 0 Å². The van der Waals surface area contributed by atoms with Crippen LogP contribution in [-0.2, 0) is 4.79 Å². The molecule has 0 aliphatic carbocycles. The van der Waals surface area contributed by atoms with Gasteiger partial charge >= 0.3 is 0 Å². The highest BCUT2D eigenvalue weighted by atomic mass is 32.2. The molecule has 0 bridgehead atoms. The molecule has 2 aromatic rings. The standard InChI is InChI=1S/C16H16N4O3S2/c1-9-18-19-15(24-9)17-16-20(2)14(21)13(25-16)7-10-5-6-11(22-3)8-12(10)23-4/h5-8H,1-4H3/b13-7-,17-16+. The minimum absolute atomic E-state index is 0.122. The van der Waals surface area contributed by atoms with E-state index < -0.39 is 0 Å². The van der Waals surface area contributed by atoms with Gasteiger partial charge in [0, 0.05) is 18.7 Å². The fourth-order valence-corrected chi connectivity index (χ4v) is 3.72. The van der Waals surface area contributed by atoms with Crippen molar-refractivity contribution in [2.45, 2.75) is 6.92 Å². The molecule has 1 fully saturated rings. The highest BCUT2D eigenvalue weighted by Crippen LogP contribution is 2.35. The molecular weight excluding hydrogens is 360 g/mol. The van der Waals surface area contributed by atoms with Gasteiger partial charge in [0.05, 0.1) is 19.1 Å². The van der Waals surface area contributed by atoms with Gasteiger partial charge in [-0.3, -0.25) is 9.69 Å². The van der Waals surface area contributed by atoms with Gasteiger partial charge in [0.1, 0.15) is 16.5 Å². The van der Waals surface area contributed by atoms with E-state index >= 15 is 0 Å². The van der Waals surface area contributed by atoms with E-state index in [1.807, 2.05) is 19.1 Å². The lowest BCUT2D eigenvalue weighted by Crippen LogP contribution is -2.23. The number of benzene rings is 1. The Morgan fingerprint density at radius 2 is 2.04 bits per heavy atom. The van der Waals surface area contributed by atoms with Crippen LogP contribution in [-0.4, -0.2) is 47.4 Å². The largest absolute Gasteiger partial charge is 0.497 e. The lowest BCUT2D eigenvalue weighted by molar-refractivity contribution is -0.121. The van der Waals surface area contributed by atoms with Gasteiger partial charge in [0.15, 0.2) is 5.17 Å². The van der Waals surface area contributed by atoms with Gasteiger partial charge in [-0.25, -0.2) is 0 Å². The number of nitrogens with zero attached hydrogens (tertiary/aromatic N) is 4. The van der Waals surface area contributed by atoms with Crippen molar-refractivity contribution in [3.8, 4) is 11.5 Å². The number of likely N-dealkylation sites (N-methyl/N-ethyl adjacent to an activating group) is 1. The molecule has 25 heavy (non-hydrogen) atoms. The smallest absolute Gasteiger partial charge is 0.266 e. The van der Waals surface area contributed by atoms with Crippen molar-refractivity contribution in [3.05, 3.63) is 33.7 Å². The Morgan fingerprint density at radius 3 is 2.68 bits per heavy atom. The summed E-state index contributed by atoms with van der Waals surface area (Å²) in [6, 6.07) is 5.45. The molecule has 2 heterocycles. The van der Waals surface area contributed by atoms with Crippen LogP contribution in [0.2, 0.25) is 0 Å². The lowest BCUT2D eigenvalue weighted by Gasteiger charge is -2.08. The van der Waals surface area contributed by atoms with Crippen molar-refractivity contribution in [1.82, 2.24) is 15.1 Å². The summed E-state index contributed by atoms with van der Waals surface area (Å²) < 4.78 is 10.6. The third kappa shape index (κ3) is 3.67. The van der Waals surface area contributed by atoms with E-state index in [0.29, 0.717) is 26.7 Å². The second kappa shape index (κ2) is 7.24. The van der Waals surface area contributed by atoms with Crippen LogP contribution < -0.4 is 9.47 Å². The number of amidine groups is 1. The number of aliphatic imine (C=N–C) groups is 1. The van der Waals surface area contributed by atoms with Crippen LogP contribution in [0.5, 0.6) is 11.5 Å². The molecular formula is C16H16N4O3S2. The second-order valence-corrected chi connectivity index (χ2v) is 7.25. The first kappa shape index (κ1) is 17.4. The van der Waals surface area contributed by atoms with Gasteiger partial charge in [0.2, 0.25) is 5.13 Å². The Hall–Kier alpha value is -2.39. The fraction of sp³-hybridized carbons (Fsp3) is 0.250. The van der Waals surface area contributed by atoms with E-state index in [2.05, 4.69) is 15.2 Å². The SMILES string of the molecule is COc1ccc(/C=C2\S/C(=N/c3nnc(C)s3)N(C)C2=O)c(OC)c1. The van der Waals surface area contributed by atoms with Crippen LogP contribution in [0, 0.1) is 6.92 Å². The Kier molecular flexibility index (Phi) is 5.05. The molecule has 3 rings (SSSR count). The summed E-state index contributed by atoms with van der Waals surface area (Å²) in [5.41, 5.74) is 0.792. The first-order valence-electron chi connectivity index (χ1n) is 7.30. The summed E-state index contributed by atoms with van der Waals surface area (Å²) in [5, 5.41) is 9.83. The minimum atomic E-state index is -0.122. The maximum absolute atomic E-state index is 12.5. The molecule has 0 radical (unpaired) electrons. The Balaban J connectivity index is 1.92. The summed E-state index contributed by atoms with van der Waals surface area (Å²) in [6.45, 7) is 1.86. The maximum Gasteiger partial charge on any atom is 0.266 e. The van der Waals surface area contributed by atoms with Crippen LogP contribution in [0.25, 0.3) is 6.08 Å². The zero-order valence-electron chi connectivity index (χ0n) is 14.1. The number of methoxy groups -OCH3 is 2. The molecule has 1 aliphatic heterocycles. The average molecular weight is 376 g/mol. The average Bonchev–Trinajstić information content (AvgIpc) is 3.14. The molecule has 0 spiro atoms. The molecule has 1 aromatic carbocycles. The van der Waals surface area contributed by atoms with Crippen molar-refractivity contribution < 1.29 is 14.3 Å². The number of carbonyl (C=O) groups is 1. The molecule has 1 aliphatic rings. The normalized spacial score (nSPS) is 17.6. The molecule has 0 N–H and O–H groups in total. The summed E-state index contributed by atoms with van der Waals surface area (Å²) in [6.07, 6.45) is 1.79. The first-order chi connectivity index (χ1) is 12.0. The molecule has 1 amide bonds. The molecule has 0 atom stereocenters. The van der Waals surface area contributed by atoms with Crippen molar-refractivity contribution in [1.29, 1.82) is 0 Å². The summed E-state index contributed by atoms with van der Waals surface area (Å²) in [5.74, 6) is 1.20. The van der Waals surface area contributed by atoms with Crippen LogP contribution in [0.4, 0.5) is 5.13 Å². The zero-order valence-corrected chi connectivity index (χ0v) is 15.8. The summed E-state index contributed by atoms with van der Waals surface area (Å²) in [7, 11) is 4.86. The third-order valence-corrected chi connectivity index (χ3v) is 5.23. The number of ether oxygens (including phenoxy) is 2. The molecule has 9 heteroatoms. The molecule has 1 saturated heterocycles. The highest BCUT2D eigenvalue weighted by molar-refractivity contribution is 8.18. The van der Waals surface area contributed by atoms with Crippen molar-refractivity contribution in [2.24, 2.45) is 4.99 Å². The third-order valence-electron chi connectivity index (χ3n) is 3.44. The number of amides is 1. The van der Waals surface area contributed by atoms with E-state index in [1.165, 1.54) is 28.0 Å². The predicted molar refractivity (Wildman–Crippen MR) is 99.6 cm³/mol. The predicted octanol–water partition coefficient (Wildman–Crippen LogP) is 3.10. The van der Waals surface area contributed by atoms with Crippen LogP contribution in [0.15, 0.2) is 28.1 Å². The van der Waals surface area contributed by atoms with Gasteiger partial charge < -0.3 is 9.47 Å². The number of aromatic nitrogens is 2. The van der Waals surface area contributed by atoms with E-state index in [4.69, 9.17) is 9.47 Å². The van der Waals surface area contributed by atoms with Crippen LogP contribution >= 0.6 is 23.1 Å². The highest BCUT2D eigenvalue weighted by Gasteiger charge is 2.31. The van der Waals surface area contributed by atoms with E-state index in [0.717, 1.165) is 10.6 Å². The molecule has 7 nitrogen and oxygen atoms in total. The van der Waals surface area contributed by atoms with Crippen LogP contribution in [0.1, 0.15) is 10.6 Å². The van der Waals surface area contributed by atoms with E-state index in [9.17, 15) is 4.79 Å². The van der Waals surface area contributed by atoms with Gasteiger partial charge in [-0.15, -0.1) is 10.2 Å². The number of aryl methyl sites for hydroxylation is 1. The lowest BCUT2D eigenvalue weighted by atomic mass is 10.1. The van der Waals surface area contributed by atoms with E-state index in [1.54, 1.807) is 33.4 Å². The minimum Gasteiger partial charge on any atom is -0.497 e. The van der Waals surface area contributed by atoms with E-state index in [-0.39, 0.29) is 5.91 Å². The molecule has 0 saturated carbocycles. The number of thioether (sulfide) groups is 1. The van der Waals surface area contributed by atoms with Crippen LogP contribution in [0.3, 0.4) is 0 Å². The number of hydrogen-bond acceptors (Lipinski definition) is 8. The van der Waals surface area contributed by atoms with Crippen molar-refractivity contribution in [2.75, 3.05) is 21.3 Å². The maximum atomic E-state index is 12.5. The zero-order chi connectivity index (χ0) is 18.0.